The van der Waals surface area contributed by atoms with Crippen molar-refractivity contribution in [3.05, 3.63) is 76.5 Å². The van der Waals surface area contributed by atoms with E-state index in [4.69, 9.17) is 32.7 Å². The molecule has 3 aromatic rings. The van der Waals surface area contributed by atoms with Crippen LogP contribution in [0, 0.1) is 5.82 Å². The van der Waals surface area contributed by atoms with Gasteiger partial charge >= 0.3 is 0 Å². The molecule has 1 amide bonds. The van der Waals surface area contributed by atoms with E-state index in [9.17, 15) is 17.6 Å². The molecule has 3 rings (SSSR count). The maximum atomic E-state index is 13.5. The molecule has 0 aromatic heterocycles. The van der Waals surface area contributed by atoms with Crippen LogP contribution >= 0.6 is 23.2 Å². The van der Waals surface area contributed by atoms with Gasteiger partial charge in [-0.3, -0.25) is 9.10 Å². The van der Waals surface area contributed by atoms with Gasteiger partial charge in [-0.25, -0.2) is 12.8 Å². The first-order valence-corrected chi connectivity index (χ1v) is 12.0. The SMILES string of the molecule is COc1ccccc1Oc1ccc(Cl)cc1NC(=O)CN(c1ccc(F)c(Cl)c1)S(C)(=O)=O. The maximum absolute atomic E-state index is 13.5. The number of hydrogen-bond donors (Lipinski definition) is 1. The van der Waals surface area contributed by atoms with Crippen molar-refractivity contribution < 1.29 is 27.1 Å². The highest BCUT2D eigenvalue weighted by Crippen LogP contribution is 2.36. The molecule has 7 nitrogen and oxygen atoms in total. The van der Waals surface area contributed by atoms with Crippen molar-refractivity contribution >= 4 is 50.5 Å². The second-order valence-electron chi connectivity index (χ2n) is 6.81. The molecule has 0 fully saturated rings. The maximum Gasteiger partial charge on any atom is 0.245 e. The van der Waals surface area contributed by atoms with Crippen LogP contribution in [0.25, 0.3) is 0 Å². The summed E-state index contributed by atoms with van der Waals surface area (Å²) < 4.78 is 50.1. The lowest BCUT2D eigenvalue weighted by Gasteiger charge is -2.22. The quantitative estimate of drug-likeness (QED) is 0.440. The van der Waals surface area contributed by atoms with E-state index in [2.05, 4.69) is 5.32 Å². The molecule has 0 saturated heterocycles. The molecule has 0 radical (unpaired) electrons. The number of sulfonamides is 1. The highest BCUT2D eigenvalue weighted by molar-refractivity contribution is 7.92. The number of hydrogen-bond acceptors (Lipinski definition) is 5. The lowest BCUT2D eigenvalue weighted by atomic mass is 10.2. The zero-order valence-electron chi connectivity index (χ0n) is 17.5. The van der Waals surface area contributed by atoms with E-state index in [1.54, 1.807) is 36.4 Å². The van der Waals surface area contributed by atoms with E-state index in [0.717, 1.165) is 22.7 Å². The Hall–Kier alpha value is -3.01. The second-order valence-corrected chi connectivity index (χ2v) is 9.56. The normalized spacial score (nSPS) is 11.1. The Morgan fingerprint density at radius 2 is 1.73 bits per heavy atom. The van der Waals surface area contributed by atoms with Crippen LogP contribution in [-0.2, 0) is 14.8 Å². The van der Waals surface area contributed by atoms with E-state index in [1.807, 2.05) is 0 Å². The number of para-hydroxylation sites is 2. The second kappa shape index (κ2) is 10.3. The highest BCUT2D eigenvalue weighted by Gasteiger charge is 2.23. The number of rotatable bonds is 8. The average Bonchev–Trinajstić information content (AvgIpc) is 2.75. The van der Waals surface area contributed by atoms with Crippen molar-refractivity contribution in [2.45, 2.75) is 0 Å². The minimum atomic E-state index is -3.89. The summed E-state index contributed by atoms with van der Waals surface area (Å²) in [4.78, 5) is 12.8. The summed E-state index contributed by atoms with van der Waals surface area (Å²) in [6.07, 6.45) is 0.924. The molecule has 0 heterocycles. The van der Waals surface area contributed by atoms with Crippen LogP contribution in [0.15, 0.2) is 60.7 Å². The van der Waals surface area contributed by atoms with Crippen molar-refractivity contribution in [1.29, 1.82) is 0 Å². The number of amides is 1. The van der Waals surface area contributed by atoms with Gasteiger partial charge in [0.2, 0.25) is 15.9 Å². The summed E-state index contributed by atoms with van der Waals surface area (Å²) in [5.74, 6) is -0.269. The summed E-state index contributed by atoms with van der Waals surface area (Å²) in [6.45, 7) is -0.596. The zero-order chi connectivity index (χ0) is 24.2. The van der Waals surface area contributed by atoms with Gasteiger partial charge in [-0.1, -0.05) is 35.3 Å². The number of carbonyl (C=O) groups is 1. The van der Waals surface area contributed by atoms with Crippen LogP contribution < -0.4 is 19.1 Å². The van der Waals surface area contributed by atoms with Gasteiger partial charge in [-0.15, -0.1) is 0 Å². The fraction of sp³-hybridized carbons (Fsp3) is 0.136. The van der Waals surface area contributed by atoms with Crippen LogP contribution in [0.1, 0.15) is 0 Å². The molecule has 0 saturated carbocycles. The van der Waals surface area contributed by atoms with E-state index < -0.39 is 28.3 Å². The zero-order valence-corrected chi connectivity index (χ0v) is 19.8. The molecule has 0 aliphatic rings. The van der Waals surface area contributed by atoms with E-state index in [0.29, 0.717) is 16.5 Å². The predicted molar refractivity (Wildman–Crippen MR) is 127 cm³/mol. The standard InChI is InChI=1S/C22H19Cl2FN2O5S/c1-31-20-5-3-4-6-21(20)32-19-10-7-14(23)11-18(19)26-22(28)13-27(33(2,29)30)15-8-9-17(25)16(24)12-15/h3-12H,13H2,1-2H3,(H,26,28). The van der Waals surface area contributed by atoms with Crippen LogP contribution in [-0.4, -0.2) is 34.2 Å². The fourth-order valence-corrected chi connectivity index (χ4v) is 4.07. The van der Waals surface area contributed by atoms with Crippen LogP contribution in [0.2, 0.25) is 10.0 Å². The Morgan fingerprint density at radius 3 is 2.36 bits per heavy atom. The van der Waals surface area contributed by atoms with Gasteiger partial charge in [0.15, 0.2) is 17.2 Å². The monoisotopic (exact) mass is 512 g/mol. The van der Waals surface area contributed by atoms with Gasteiger partial charge in [0.25, 0.3) is 0 Å². The number of anilines is 2. The summed E-state index contributed by atoms with van der Waals surface area (Å²) in [5.41, 5.74) is 0.250. The number of methoxy groups -OCH3 is 1. The minimum absolute atomic E-state index is 0.0376. The molecule has 174 valence electrons. The van der Waals surface area contributed by atoms with Crippen molar-refractivity contribution in [3.63, 3.8) is 0 Å². The van der Waals surface area contributed by atoms with Crippen molar-refractivity contribution in [1.82, 2.24) is 0 Å². The Labute approximate surface area is 200 Å². The summed E-state index contributed by atoms with van der Waals surface area (Å²) in [6, 6.07) is 14.9. The van der Waals surface area contributed by atoms with Gasteiger partial charge < -0.3 is 14.8 Å². The van der Waals surface area contributed by atoms with Gasteiger partial charge in [0.1, 0.15) is 12.4 Å². The Kier molecular flexibility index (Phi) is 7.68. The highest BCUT2D eigenvalue weighted by atomic mass is 35.5. The van der Waals surface area contributed by atoms with E-state index >= 15 is 0 Å². The third-order valence-electron chi connectivity index (χ3n) is 4.38. The Balaban J connectivity index is 1.87. The van der Waals surface area contributed by atoms with Gasteiger partial charge in [-0.2, -0.15) is 0 Å². The van der Waals surface area contributed by atoms with E-state index in [1.165, 1.54) is 19.2 Å². The van der Waals surface area contributed by atoms with Crippen molar-refractivity contribution in [2.75, 3.05) is 29.5 Å². The third kappa shape index (κ3) is 6.28. The summed E-state index contributed by atoms with van der Waals surface area (Å²) >= 11 is 11.9. The molecule has 0 aliphatic heterocycles. The molecular formula is C22H19Cl2FN2O5S. The molecule has 1 N–H and O–H groups in total. The molecule has 0 bridgehead atoms. The van der Waals surface area contributed by atoms with Crippen LogP contribution in [0.5, 0.6) is 17.2 Å². The first-order valence-electron chi connectivity index (χ1n) is 9.41. The van der Waals surface area contributed by atoms with Crippen molar-refractivity contribution in [2.24, 2.45) is 0 Å². The first kappa shape index (κ1) is 24.6. The van der Waals surface area contributed by atoms with Crippen LogP contribution in [0.4, 0.5) is 15.8 Å². The lowest BCUT2D eigenvalue weighted by Crippen LogP contribution is -2.37. The molecule has 0 unspecified atom stereocenters. The molecule has 0 spiro atoms. The van der Waals surface area contributed by atoms with Gasteiger partial charge in [-0.05, 0) is 48.5 Å². The lowest BCUT2D eigenvalue weighted by molar-refractivity contribution is -0.114. The number of ether oxygens (including phenoxy) is 2. The minimum Gasteiger partial charge on any atom is -0.493 e. The number of carbonyl (C=O) groups excluding carboxylic acids is 1. The largest absolute Gasteiger partial charge is 0.493 e. The molecule has 11 heteroatoms. The van der Waals surface area contributed by atoms with Crippen molar-refractivity contribution in [3.8, 4) is 17.2 Å². The Morgan fingerprint density at radius 1 is 1.03 bits per heavy atom. The molecular weight excluding hydrogens is 494 g/mol. The fourth-order valence-electron chi connectivity index (χ4n) is 2.87. The number of nitrogens with zero attached hydrogens (tertiary/aromatic N) is 1. The predicted octanol–water partition coefficient (Wildman–Crippen LogP) is 5.34. The van der Waals surface area contributed by atoms with E-state index in [-0.39, 0.29) is 22.1 Å². The third-order valence-corrected chi connectivity index (χ3v) is 6.05. The number of halogens is 3. The summed E-state index contributed by atoms with van der Waals surface area (Å²) in [7, 11) is -2.40. The topological polar surface area (TPSA) is 84.9 Å². The molecule has 33 heavy (non-hydrogen) atoms. The van der Waals surface area contributed by atoms with Gasteiger partial charge in [0.05, 0.1) is 29.8 Å². The smallest absolute Gasteiger partial charge is 0.245 e. The van der Waals surface area contributed by atoms with Crippen LogP contribution in [0.3, 0.4) is 0 Å². The number of nitrogens with one attached hydrogen (secondary N) is 1. The molecule has 0 aliphatic carbocycles. The molecule has 0 atom stereocenters. The summed E-state index contributed by atoms with van der Waals surface area (Å²) in [5, 5.41) is 2.65. The number of benzene rings is 3. The average molecular weight is 513 g/mol. The first-order chi connectivity index (χ1) is 15.6. The van der Waals surface area contributed by atoms with Gasteiger partial charge in [0, 0.05) is 5.02 Å². The molecule has 3 aromatic carbocycles. The Bertz CT molecular complexity index is 1290.